The van der Waals surface area contributed by atoms with Gasteiger partial charge in [-0.1, -0.05) is 24.3 Å². The Hall–Kier alpha value is -5.10. The summed E-state index contributed by atoms with van der Waals surface area (Å²) < 4.78 is 48.7. The number of nitrogen functional groups attached to an aromatic ring is 1. The molecule has 1 saturated carbocycles. The molecule has 7 rings (SSSR count). The number of alkyl halides is 3. The Morgan fingerprint density at radius 1 is 1.04 bits per heavy atom. The highest BCUT2D eigenvalue weighted by atomic mass is 31.0. The Balaban J connectivity index is 0.000000388. The minimum Gasteiger partial charge on any atom is -0.507 e. The molecule has 11 nitrogen and oxygen atoms in total. The molecular weight excluding hydrogens is 642 g/mol. The van der Waals surface area contributed by atoms with Crippen molar-refractivity contribution in [2.75, 3.05) is 12.8 Å². The number of ether oxygens (including phenoxy) is 1. The van der Waals surface area contributed by atoms with Gasteiger partial charge in [-0.05, 0) is 50.5 Å². The van der Waals surface area contributed by atoms with Crippen LogP contribution >= 0.6 is 9.24 Å². The zero-order chi connectivity index (χ0) is 34.2. The number of phenolic OH excluding ortho intramolecular Hbond substituents is 1. The van der Waals surface area contributed by atoms with Crippen LogP contribution in [0.2, 0.25) is 0 Å². The van der Waals surface area contributed by atoms with Crippen LogP contribution in [0.5, 0.6) is 11.6 Å². The topological polar surface area (TPSA) is 143 Å². The van der Waals surface area contributed by atoms with Crippen molar-refractivity contribution in [3.05, 3.63) is 84.3 Å². The van der Waals surface area contributed by atoms with Crippen molar-refractivity contribution in [2.24, 2.45) is 0 Å². The molecule has 4 aromatic heterocycles. The Labute approximate surface area is 276 Å². The molecule has 0 radical (unpaired) electrons. The average molecular weight is 676 g/mol. The van der Waals surface area contributed by atoms with E-state index in [-0.39, 0.29) is 17.6 Å². The number of aromatic nitrogens is 8. The minimum absolute atomic E-state index is 0.179. The molecule has 3 N–H and O–H groups in total. The largest absolute Gasteiger partial charge is 0.507 e. The molecule has 1 atom stereocenters. The number of aromatic hydroxyl groups is 1. The quantitative estimate of drug-likeness (QED) is 0.116. The minimum atomic E-state index is -4.51. The maximum absolute atomic E-state index is 13.3. The molecule has 2 aromatic carbocycles. The van der Waals surface area contributed by atoms with Crippen molar-refractivity contribution in [3.8, 4) is 34.4 Å². The van der Waals surface area contributed by atoms with Crippen molar-refractivity contribution in [1.82, 2.24) is 39.3 Å². The van der Waals surface area contributed by atoms with Crippen LogP contribution in [0.3, 0.4) is 0 Å². The van der Waals surface area contributed by atoms with Gasteiger partial charge < -0.3 is 20.1 Å². The highest BCUT2D eigenvalue weighted by Gasteiger charge is 2.35. The number of anilines is 1. The van der Waals surface area contributed by atoms with Gasteiger partial charge in [0.05, 0.1) is 30.9 Å². The molecule has 0 aliphatic heterocycles. The molecule has 0 saturated heterocycles. The van der Waals surface area contributed by atoms with Gasteiger partial charge in [0.1, 0.15) is 23.5 Å². The van der Waals surface area contributed by atoms with E-state index in [1.54, 1.807) is 54.5 Å². The van der Waals surface area contributed by atoms with E-state index in [1.807, 2.05) is 26.0 Å². The van der Waals surface area contributed by atoms with Crippen LogP contribution in [0, 0.1) is 0 Å². The van der Waals surface area contributed by atoms with Crippen molar-refractivity contribution in [2.45, 2.75) is 51.4 Å². The third kappa shape index (κ3) is 6.93. The van der Waals surface area contributed by atoms with E-state index >= 15 is 0 Å². The lowest BCUT2D eigenvalue weighted by atomic mass is 10.1. The number of phenols is 1. The number of nitrogens with zero attached hydrogens (tertiary/aromatic N) is 8. The van der Waals surface area contributed by atoms with Gasteiger partial charge in [-0.25, -0.2) is 29.6 Å². The molecule has 0 spiro atoms. The summed E-state index contributed by atoms with van der Waals surface area (Å²) in [6.45, 7) is 4.05. The van der Waals surface area contributed by atoms with Gasteiger partial charge in [0, 0.05) is 40.9 Å². The second-order valence-electron chi connectivity index (χ2n) is 11.7. The highest BCUT2D eigenvalue weighted by Crippen LogP contribution is 2.45. The van der Waals surface area contributed by atoms with Crippen molar-refractivity contribution in [1.29, 1.82) is 0 Å². The lowest BCUT2D eigenvalue weighted by molar-refractivity contribution is -0.140. The summed E-state index contributed by atoms with van der Waals surface area (Å²) >= 11 is 0. The van der Waals surface area contributed by atoms with E-state index in [0.29, 0.717) is 46.6 Å². The van der Waals surface area contributed by atoms with E-state index in [0.717, 1.165) is 41.0 Å². The van der Waals surface area contributed by atoms with Gasteiger partial charge in [-0.15, -0.1) is 9.24 Å². The normalized spacial score (nSPS) is 13.1. The SMILES string of the molecule is COc1ncnc(C2CC2)c1-c1ncc2cnn(Cc3ccc(-c4nc(C(F)(F)F)cn4C(C)C)cc3)c2n1.Nc1ccc(O)c(P)c1. The Morgan fingerprint density at radius 2 is 1.79 bits per heavy atom. The number of hydrogen-bond donors (Lipinski definition) is 2. The van der Waals surface area contributed by atoms with Gasteiger partial charge in [0.15, 0.2) is 17.2 Å². The van der Waals surface area contributed by atoms with E-state index in [9.17, 15) is 13.2 Å². The molecule has 1 fully saturated rings. The number of nitrogens with two attached hydrogens (primary N) is 1. The van der Waals surface area contributed by atoms with Crippen LogP contribution in [-0.4, -0.2) is 51.5 Å². The zero-order valence-corrected chi connectivity index (χ0v) is 27.5. The fourth-order valence-corrected chi connectivity index (χ4v) is 5.45. The van der Waals surface area contributed by atoms with Gasteiger partial charge in [-0.2, -0.15) is 18.3 Å². The molecule has 15 heteroatoms. The number of rotatable bonds is 7. The predicted octanol–water partition coefficient (Wildman–Crippen LogP) is 6.16. The van der Waals surface area contributed by atoms with Gasteiger partial charge in [0.2, 0.25) is 5.88 Å². The average Bonchev–Trinajstić information content (AvgIpc) is 3.68. The maximum atomic E-state index is 13.3. The van der Waals surface area contributed by atoms with E-state index < -0.39 is 11.9 Å². The summed E-state index contributed by atoms with van der Waals surface area (Å²) in [4.78, 5) is 22.0. The van der Waals surface area contributed by atoms with Crippen LogP contribution in [0.1, 0.15) is 55.6 Å². The first kappa shape index (κ1) is 32.8. The van der Waals surface area contributed by atoms with E-state index in [1.165, 1.54) is 10.9 Å². The van der Waals surface area contributed by atoms with Crippen molar-refractivity contribution in [3.63, 3.8) is 0 Å². The van der Waals surface area contributed by atoms with Crippen LogP contribution < -0.4 is 15.8 Å². The number of benzene rings is 2. The Morgan fingerprint density at radius 3 is 2.42 bits per heavy atom. The summed E-state index contributed by atoms with van der Waals surface area (Å²) in [6, 6.07) is 12.0. The lowest BCUT2D eigenvalue weighted by Crippen LogP contribution is -2.05. The standard InChI is InChI=1S/C27H25F3N8O.C6H8NOP/c1-15(2)37-13-20(27(28,29)30)35-24(37)18-6-4-16(5-7-18)12-38-25-19(11-34-38)10-31-23(36-25)21-22(17-8-9-17)32-14-33-26(21)39-3;7-4-1-2-5(8)6(9)3-4/h4-7,10-11,13-15,17H,8-9,12H2,1-3H3;1-3,8H,7,9H2. The van der Waals surface area contributed by atoms with Gasteiger partial charge in [-0.3, -0.25) is 0 Å². The number of hydrogen-bond acceptors (Lipinski definition) is 9. The second kappa shape index (κ2) is 13.2. The maximum Gasteiger partial charge on any atom is 0.434 e. The molecule has 1 unspecified atom stereocenters. The van der Waals surface area contributed by atoms with Crippen molar-refractivity contribution < 1.29 is 23.0 Å². The van der Waals surface area contributed by atoms with Crippen LogP contribution in [0.25, 0.3) is 33.8 Å². The Kier molecular flexibility index (Phi) is 9.02. The molecule has 0 amide bonds. The summed E-state index contributed by atoms with van der Waals surface area (Å²) in [7, 11) is 3.95. The van der Waals surface area contributed by atoms with Gasteiger partial charge in [0.25, 0.3) is 0 Å². The molecule has 0 bridgehead atoms. The molecule has 1 aliphatic carbocycles. The van der Waals surface area contributed by atoms with E-state index in [2.05, 4.69) is 34.3 Å². The summed E-state index contributed by atoms with van der Waals surface area (Å²) in [5.41, 5.74) is 8.89. The first-order valence-corrected chi connectivity index (χ1v) is 15.7. The first-order valence-electron chi connectivity index (χ1n) is 15.1. The predicted molar refractivity (Wildman–Crippen MR) is 179 cm³/mol. The monoisotopic (exact) mass is 675 g/mol. The number of methoxy groups -OCH3 is 1. The Bertz CT molecular complexity index is 2070. The van der Waals surface area contributed by atoms with Gasteiger partial charge >= 0.3 is 6.18 Å². The molecule has 1 aliphatic rings. The smallest absolute Gasteiger partial charge is 0.434 e. The molecule has 248 valence electrons. The second-order valence-corrected chi connectivity index (χ2v) is 12.3. The first-order chi connectivity index (χ1) is 22.9. The zero-order valence-electron chi connectivity index (χ0n) is 26.3. The molecule has 4 heterocycles. The van der Waals surface area contributed by atoms with Crippen LogP contribution in [-0.2, 0) is 12.7 Å². The fraction of sp³-hybridized carbons (Fsp3) is 0.273. The summed E-state index contributed by atoms with van der Waals surface area (Å²) in [6.07, 6.45) is 3.58. The number of fused-ring (bicyclic) bond motifs is 1. The summed E-state index contributed by atoms with van der Waals surface area (Å²) in [5, 5.41) is 15.0. The number of halogens is 3. The van der Waals surface area contributed by atoms with E-state index in [4.69, 9.17) is 20.6 Å². The number of imidazole rings is 1. The third-order valence-electron chi connectivity index (χ3n) is 7.77. The van der Waals surface area contributed by atoms with Crippen LogP contribution in [0.4, 0.5) is 18.9 Å². The third-order valence-corrected chi connectivity index (χ3v) is 8.24. The molecular formula is C33H33F3N9O2P. The molecule has 6 aromatic rings. The summed E-state index contributed by atoms with van der Waals surface area (Å²) in [5.74, 6) is 1.78. The highest BCUT2D eigenvalue weighted by molar-refractivity contribution is 7.27. The van der Waals surface area contributed by atoms with Crippen LogP contribution in [0.15, 0.2) is 67.4 Å². The molecule has 48 heavy (non-hydrogen) atoms. The fourth-order valence-electron chi connectivity index (χ4n) is 5.16. The van der Waals surface area contributed by atoms with Crippen molar-refractivity contribution >= 4 is 31.3 Å². The lowest BCUT2D eigenvalue weighted by Gasteiger charge is -2.12.